The van der Waals surface area contributed by atoms with Crippen LogP contribution in [0.3, 0.4) is 0 Å². The summed E-state index contributed by atoms with van der Waals surface area (Å²) >= 11 is 3.22. The van der Waals surface area contributed by atoms with Crippen molar-refractivity contribution in [2.75, 3.05) is 24.2 Å². The van der Waals surface area contributed by atoms with E-state index in [2.05, 4.69) is 21.2 Å². The fraction of sp³-hybridized carbons (Fsp3) is 0.400. The van der Waals surface area contributed by atoms with Gasteiger partial charge in [0.25, 0.3) is 0 Å². The van der Waals surface area contributed by atoms with Crippen LogP contribution >= 0.6 is 15.9 Å². The monoisotopic (exact) mass is 274 g/mol. The average molecular weight is 275 g/mol. The summed E-state index contributed by atoms with van der Waals surface area (Å²) in [4.78, 5) is 0. The minimum absolute atomic E-state index is 0.150. The van der Waals surface area contributed by atoms with Gasteiger partial charge in [-0.3, -0.25) is 0 Å². The lowest BCUT2D eigenvalue weighted by Gasteiger charge is -2.27. The van der Waals surface area contributed by atoms with Gasteiger partial charge in [-0.2, -0.15) is 0 Å². The number of halogens is 2. The normalized spacial score (nSPS) is 19.7. The van der Waals surface area contributed by atoms with E-state index in [9.17, 15) is 4.39 Å². The highest BCUT2D eigenvalue weighted by molar-refractivity contribution is 9.10. The Hall–Kier alpha value is -0.810. The number of anilines is 2. The quantitative estimate of drug-likeness (QED) is 0.832. The minimum atomic E-state index is -0.415. The molecule has 1 atom stereocenters. The van der Waals surface area contributed by atoms with Gasteiger partial charge in [-0.1, -0.05) is 15.9 Å². The van der Waals surface area contributed by atoms with Gasteiger partial charge in [-0.05, 0) is 18.6 Å². The van der Waals surface area contributed by atoms with Gasteiger partial charge in [0, 0.05) is 17.6 Å². The van der Waals surface area contributed by atoms with E-state index < -0.39 is 5.82 Å². The number of nitrogen functional groups attached to an aromatic ring is 1. The minimum Gasteiger partial charge on any atom is -0.395 e. The lowest BCUT2D eigenvalue weighted by Crippen LogP contribution is -2.33. The van der Waals surface area contributed by atoms with Crippen molar-refractivity contribution < 1.29 is 9.13 Å². The molecule has 1 heterocycles. The van der Waals surface area contributed by atoms with Crippen molar-refractivity contribution >= 4 is 27.3 Å². The van der Waals surface area contributed by atoms with Crippen LogP contribution in [0.5, 0.6) is 0 Å². The molecule has 0 bridgehead atoms. The third-order valence-electron chi connectivity index (χ3n) is 2.41. The predicted octanol–water partition coefficient (Wildman–Crippen LogP) is 2.37. The Bertz CT molecular complexity index is 369. The summed E-state index contributed by atoms with van der Waals surface area (Å²) in [6.07, 6.45) is 1.27. The molecular formula is C10H12BrFN2O. The second-order valence-electron chi connectivity index (χ2n) is 3.51. The van der Waals surface area contributed by atoms with E-state index >= 15 is 0 Å². The highest BCUT2D eigenvalue weighted by atomic mass is 79.9. The molecule has 0 aromatic heterocycles. The van der Waals surface area contributed by atoms with Crippen molar-refractivity contribution in [2.24, 2.45) is 0 Å². The Kier molecular flexibility index (Phi) is 3.11. The van der Waals surface area contributed by atoms with Crippen LogP contribution in [-0.4, -0.2) is 19.3 Å². The molecule has 1 fully saturated rings. The summed E-state index contributed by atoms with van der Waals surface area (Å²) in [7, 11) is 0. The van der Waals surface area contributed by atoms with Gasteiger partial charge in [0.2, 0.25) is 0 Å². The van der Waals surface area contributed by atoms with Crippen molar-refractivity contribution in [3.05, 3.63) is 22.4 Å². The highest BCUT2D eigenvalue weighted by Gasteiger charge is 2.18. The standard InChI is InChI=1S/C10H12BrFN2O/c11-6-3-8(12)10(13)9(4-6)14-5-7-1-2-15-7/h3-4,7,14H,1-2,5,13H2/t7-/m0/s1. The maximum absolute atomic E-state index is 13.2. The molecule has 0 unspecified atom stereocenters. The zero-order chi connectivity index (χ0) is 10.8. The van der Waals surface area contributed by atoms with Gasteiger partial charge >= 0.3 is 0 Å². The topological polar surface area (TPSA) is 47.3 Å². The van der Waals surface area contributed by atoms with Crippen LogP contribution < -0.4 is 11.1 Å². The van der Waals surface area contributed by atoms with Gasteiger partial charge in [0.15, 0.2) is 0 Å². The van der Waals surface area contributed by atoms with Crippen LogP contribution in [0.4, 0.5) is 15.8 Å². The molecule has 1 aromatic rings. The summed E-state index contributed by atoms with van der Waals surface area (Å²) in [5.41, 5.74) is 6.36. The molecule has 2 rings (SSSR count). The molecule has 0 aliphatic carbocycles. The first-order valence-electron chi connectivity index (χ1n) is 4.77. The molecule has 82 valence electrons. The molecule has 1 aliphatic heterocycles. The third-order valence-corrected chi connectivity index (χ3v) is 2.87. The van der Waals surface area contributed by atoms with Gasteiger partial charge in [-0.15, -0.1) is 0 Å². The van der Waals surface area contributed by atoms with E-state index in [1.807, 2.05) is 0 Å². The van der Waals surface area contributed by atoms with E-state index in [1.54, 1.807) is 6.07 Å². The molecule has 5 heteroatoms. The molecule has 1 saturated heterocycles. The SMILES string of the molecule is Nc1c(F)cc(Br)cc1NC[C@@H]1CCO1. The van der Waals surface area contributed by atoms with E-state index in [1.165, 1.54) is 6.07 Å². The molecule has 15 heavy (non-hydrogen) atoms. The van der Waals surface area contributed by atoms with Crippen LogP contribution in [0.15, 0.2) is 16.6 Å². The second kappa shape index (κ2) is 4.37. The van der Waals surface area contributed by atoms with Crippen LogP contribution in [0.2, 0.25) is 0 Å². The summed E-state index contributed by atoms with van der Waals surface area (Å²) in [6, 6.07) is 3.11. The number of benzene rings is 1. The van der Waals surface area contributed by atoms with Gasteiger partial charge in [0.1, 0.15) is 5.82 Å². The predicted molar refractivity (Wildman–Crippen MR) is 61.4 cm³/mol. The van der Waals surface area contributed by atoms with Crippen LogP contribution in [0.25, 0.3) is 0 Å². The first-order valence-corrected chi connectivity index (χ1v) is 5.56. The molecule has 1 aliphatic rings. The van der Waals surface area contributed by atoms with E-state index in [0.29, 0.717) is 16.7 Å². The Morgan fingerprint density at radius 1 is 1.60 bits per heavy atom. The summed E-state index contributed by atoms with van der Waals surface area (Å²) in [5, 5.41) is 3.08. The Morgan fingerprint density at radius 3 is 2.93 bits per heavy atom. The number of hydrogen-bond acceptors (Lipinski definition) is 3. The smallest absolute Gasteiger partial charge is 0.149 e. The number of nitrogens with one attached hydrogen (secondary N) is 1. The molecule has 1 aromatic carbocycles. The third kappa shape index (κ3) is 2.41. The molecule has 3 nitrogen and oxygen atoms in total. The fourth-order valence-corrected chi connectivity index (χ4v) is 1.83. The largest absolute Gasteiger partial charge is 0.395 e. The maximum atomic E-state index is 13.2. The van der Waals surface area contributed by atoms with Crippen LogP contribution in [-0.2, 0) is 4.74 Å². The van der Waals surface area contributed by atoms with E-state index in [-0.39, 0.29) is 11.8 Å². The molecular weight excluding hydrogens is 263 g/mol. The number of nitrogens with two attached hydrogens (primary N) is 1. The lowest BCUT2D eigenvalue weighted by atomic mass is 10.2. The Balaban J connectivity index is 2.05. The molecule has 0 spiro atoms. The average Bonchev–Trinajstić information content (AvgIpc) is 2.10. The molecule has 0 radical (unpaired) electrons. The summed E-state index contributed by atoms with van der Waals surface area (Å²) < 4.78 is 19.2. The maximum Gasteiger partial charge on any atom is 0.149 e. The molecule has 3 N–H and O–H groups in total. The van der Waals surface area contributed by atoms with E-state index in [0.717, 1.165) is 13.0 Å². The van der Waals surface area contributed by atoms with Crippen molar-refractivity contribution in [1.82, 2.24) is 0 Å². The van der Waals surface area contributed by atoms with Gasteiger partial charge in [-0.25, -0.2) is 4.39 Å². The van der Waals surface area contributed by atoms with Crippen molar-refractivity contribution in [2.45, 2.75) is 12.5 Å². The van der Waals surface area contributed by atoms with Crippen molar-refractivity contribution in [3.63, 3.8) is 0 Å². The number of hydrogen-bond donors (Lipinski definition) is 2. The molecule has 0 amide bonds. The van der Waals surface area contributed by atoms with Gasteiger partial charge < -0.3 is 15.8 Å². The van der Waals surface area contributed by atoms with E-state index in [4.69, 9.17) is 10.5 Å². The lowest BCUT2D eigenvalue weighted by molar-refractivity contribution is -0.0410. The van der Waals surface area contributed by atoms with Crippen LogP contribution in [0, 0.1) is 5.82 Å². The van der Waals surface area contributed by atoms with Crippen molar-refractivity contribution in [3.8, 4) is 0 Å². The fourth-order valence-electron chi connectivity index (χ4n) is 1.40. The zero-order valence-corrected chi connectivity index (χ0v) is 9.68. The van der Waals surface area contributed by atoms with Gasteiger partial charge in [0.05, 0.1) is 17.5 Å². The molecule has 0 saturated carbocycles. The zero-order valence-electron chi connectivity index (χ0n) is 8.09. The Morgan fingerprint density at radius 2 is 2.33 bits per heavy atom. The van der Waals surface area contributed by atoms with Crippen molar-refractivity contribution in [1.29, 1.82) is 0 Å². The van der Waals surface area contributed by atoms with Crippen LogP contribution in [0.1, 0.15) is 6.42 Å². The number of ether oxygens (including phenoxy) is 1. The first kappa shape index (κ1) is 10.7. The highest BCUT2D eigenvalue weighted by Crippen LogP contribution is 2.27. The summed E-state index contributed by atoms with van der Waals surface area (Å²) in [6.45, 7) is 1.48. The second-order valence-corrected chi connectivity index (χ2v) is 4.43. The summed E-state index contributed by atoms with van der Waals surface area (Å²) in [5.74, 6) is -0.415. The first-order chi connectivity index (χ1) is 7.16. The number of rotatable bonds is 3. The Labute approximate surface area is 95.9 Å².